The van der Waals surface area contributed by atoms with Crippen LogP contribution in [0.4, 0.5) is 0 Å². The highest BCUT2D eigenvalue weighted by molar-refractivity contribution is 5.15. The number of nitrogens with zero attached hydrogens (tertiary/aromatic N) is 3. The minimum absolute atomic E-state index is 0.275. The van der Waals surface area contributed by atoms with Gasteiger partial charge in [-0.05, 0) is 24.9 Å². The second-order valence-electron chi connectivity index (χ2n) is 5.37. The fraction of sp³-hybridized carbons (Fsp3) is 0.500. The predicted molar refractivity (Wildman–Crippen MR) is 77.1 cm³/mol. The van der Waals surface area contributed by atoms with E-state index in [0.717, 1.165) is 37.6 Å². The van der Waals surface area contributed by atoms with Gasteiger partial charge in [-0.2, -0.15) is 4.98 Å². The molecule has 1 aromatic carbocycles. The van der Waals surface area contributed by atoms with Crippen LogP contribution in [-0.4, -0.2) is 21.6 Å². The highest BCUT2D eigenvalue weighted by Crippen LogP contribution is 2.31. The van der Waals surface area contributed by atoms with Crippen molar-refractivity contribution >= 4 is 0 Å². The third-order valence-electron chi connectivity index (χ3n) is 3.93. The molecule has 3 rings (SSSR count). The molecule has 2 heterocycles. The standard InChI is InChI=1S/C16H21N3O/c1-2-15-17-16(20-18-15)14-10-6-7-11-19(14)12-13-8-4-3-5-9-13/h3-5,8-9,14H,2,6-7,10-12H2,1H3/t14-/m0/s1. The molecule has 0 N–H and O–H groups in total. The summed E-state index contributed by atoms with van der Waals surface area (Å²) < 4.78 is 5.46. The lowest BCUT2D eigenvalue weighted by Gasteiger charge is -2.33. The largest absolute Gasteiger partial charge is 0.338 e. The molecular formula is C16H21N3O. The average molecular weight is 271 g/mol. The Morgan fingerprint density at radius 1 is 1.25 bits per heavy atom. The number of hydrogen-bond acceptors (Lipinski definition) is 4. The summed E-state index contributed by atoms with van der Waals surface area (Å²) in [6.07, 6.45) is 4.42. The van der Waals surface area contributed by atoms with Crippen LogP contribution in [0, 0.1) is 0 Å². The first kappa shape index (κ1) is 13.3. The summed E-state index contributed by atoms with van der Waals surface area (Å²) in [4.78, 5) is 6.99. The highest BCUT2D eigenvalue weighted by atomic mass is 16.5. The highest BCUT2D eigenvalue weighted by Gasteiger charge is 2.28. The van der Waals surface area contributed by atoms with E-state index in [0.29, 0.717) is 0 Å². The first-order valence-electron chi connectivity index (χ1n) is 7.47. The van der Waals surface area contributed by atoms with Crippen molar-refractivity contribution in [1.82, 2.24) is 15.0 Å². The second-order valence-corrected chi connectivity index (χ2v) is 5.37. The molecule has 1 saturated heterocycles. The molecule has 0 radical (unpaired) electrons. The average Bonchev–Trinajstić information content (AvgIpc) is 2.98. The Kier molecular flexibility index (Phi) is 4.11. The number of rotatable bonds is 4. The van der Waals surface area contributed by atoms with Crippen molar-refractivity contribution in [2.24, 2.45) is 0 Å². The predicted octanol–water partition coefficient (Wildman–Crippen LogP) is 3.36. The molecule has 0 amide bonds. The molecule has 4 heteroatoms. The summed E-state index contributed by atoms with van der Waals surface area (Å²) in [5, 5.41) is 4.04. The Morgan fingerprint density at radius 3 is 2.85 bits per heavy atom. The van der Waals surface area contributed by atoms with Crippen LogP contribution in [0.15, 0.2) is 34.9 Å². The molecule has 2 aromatic rings. The molecule has 1 aliphatic rings. The van der Waals surface area contributed by atoms with Gasteiger partial charge in [0.05, 0.1) is 6.04 Å². The van der Waals surface area contributed by atoms with Gasteiger partial charge in [0.2, 0.25) is 5.89 Å². The summed E-state index contributed by atoms with van der Waals surface area (Å²) in [5.74, 6) is 1.60. The first-order chi connectivity index (χ1) is 9.86. The van der Waals surface area contributed by atoms with E-state index in [1.54, 1.807) is 0 Å². The summed E-state index contributed by atoms with van der Waals surface area (Å²) in [7, 11) is 0. The third-order valence-corrected chi connectivity index (χ3v) is 3.93. The lowest BCUT2D eigenvalue weighted by atomic mass is 10.0. The van der Waals surface area contributed by atoms with Gasteiger partial charge in [0.15, 0.2) is 5.82 Å². The van der Waals surface area contributed by atoms with E-state index >= 15 is 0 Å². The van der Waals surface area contributed by atoms with Gasteiger partial charge in [0.1, 0.15) is 0 Å². The van der Waals surface area contributed by atoms with E-state index in [2.05, 4.69) is 52.3 Å². The molecule has 0 saturated carbocycles. The van der Waals surface area contributed by atoms with Gasteiger partial charge < -0.3 is 4.52 Å². The van der Waals surface area contributed by atoms with E-state index < -0.39 is 0 Å². The number of piperidine rings is 1. The van der Waals surface area contributed by atoms with Crippen LogP contribution in [-0.2, 0) is 13.0 Å². The maximum Gasteiger partial charge on any atom is 0.244 e. The van der Waals surface area contributed by atoms with Gasteiger partial charge in [0.25, 0.3) is 0 Å². The van der Waals surface area contributed by atoms with Crippen molar-refractivity contribution in [3.8, 4) is 0 Å². The van der Waals surface area contributed by atoms with Crippen LogP contribution in [0.5, 0.6) is 0 Å². The fourth-order valence-electron chi connectivity index (χ4n) is 2.82. The van der Waals surface area contributed by atoms with E-state index in [-0.39, 0.29) is 6.04 Å². The van der Waals surface area contributed by atoms with Crippen LogP contribution >= 0.6 is 0 Å². The van der Waals surface area contributed by atoms with Gasteiger partial charge >= 0.3 is 0 Å². The lowest BCUT2D eigenvalue weighted by Crippen LogP contribution is -2.33. The summed E-state index contributed by atoms with van der Waals surface area (Å²) in [5.41, 5.74) is 1.34. The zero-order valence-corrected chi connectivity index (χ0v) is 12.0. The molecule has 1 atom stereocenters. The van der Waals surface area contributed by atoms with Crippen molar-refractivity contribution in [1.29, 1.82) is 0 Å². The summed E-state index contributed by atoms with van der Waals surface area (Å²) >= 11 is 0. The van der Waals surface area contributed by atoms with E-state index in [1.165, 1.54) is 18.4 Å². The van der Waals surface area contributed by atoms with Crippen LogP contribution in [0.25, 0.3) is 0 Å². The second kappa shape index (κ2) is 6.18. The quantitative estimate of drug-likeness (QED) is 0.855. The zero-order valence-electron chi connectivity index (χ0n) is 12.0. The topological polar surface area (TPSA) is 42.2 Å². The third kappa shape index (κ3) is 2.90. The molecule has 0 spiro atoms. The van der Waals surface area contributed by atoms with Crippen molar-refractivity contribution < 1.29 is 4.52 Å². The Morgan fingerprint density at radius 2 is 2.10 bits per heavy atom. The van der Waals surface area contributed by atoms with Gasteiger partial charge in [0, 0.05) is 13.0 Å². The van der Waals surface area contributed by atoms with Crippen molar-refractivity contribution in [3.63, 3.8) is 0 Å². The number of hydrogen-bond donors (Lipinski definition) is 0. The van der Waals surface area contributed by atoms with Crippen LogP contribution in [0.2, 0.25) is 0 Å². The maximum atomic E-state index is 5.46. The molecule has 1 fully saturated rings. The minimum atomic E-state index is 0.275. The minimum Gasteiger partial charge on any atom is -0.338 e. The van der Waals surface area contributed by atoms with Gasteiger partial charge in [-0.1, -0.05) is 48.8 Å². The molecule has 1 aromatic heterocycles. The molecule has 4 nitrogen and oxygen atoms in total. The molecule has 0 bridgehead atoms. The summed E-state index contributed by atoms with van der Waals surface area (Å²) in [6.45, 7) is 4.11. The summed E-state index contributed by atoms with van der Waals surface area (Å²) in [6, 6.07) is 10.9. The van der Waals surface area contributed by atoms with Crippen molar-refractivity contribution in [2.45, 2.75) is 45.2 Å². The number of aryl methyl sites for hydroxylation is 1. The van der Waals surface area contributed by atoms with Crippen LogP contribution < -0.4 is 0 Å². The maximum absolute atomic E-state index is 5.46. The van der Waals surface area contributed by atoms with Crippen molar-refractivity contribution in [3.05, 3.63) is 47.6 Å². The zero-order chi connectivity index (χ0) is 13.8. The SMILES string of the molecule is CCc1noc([C@@H]2CCCCN2Cc2ccccc2)n1. The molecule has 1 aliphatic heterocycles. The monoisotopic (exact) mass is 271 g/mol. The van der Waals surface area contributed by atoms with Crippen molar-refractivity contribution in [2.75, 3.05) is 6.54 Å². The molecule has 20 heavy (non-hydrogen) atoms. The fourth-order valence-corrected chi connectivity index (χ4v) is 2.82. The van der Waals surface area contributed by atoms with Gasteiger partial charge in [-0.15, -0.1) is 0 Å². The number of aromatic nitrogens is 2. The number of likely N-dealkylation sites (tertiary alicyclic amines) is 1. The Balaban J connectivity index is 1.76. The normalized spacial score (nSPS) is 20.1. The molecule has 0 aliphatic carbocycles. The Bertz CT molecular complexity index is 538. The van der Waals surface area contributed by atoms with E-state index in [1.807, 2.05) is 0 Å². The first-order valence-corrected chi connectivity index (χ1v) is 7.47. The Labute approximate surface area is 119 Å². The van der Waals surface area contributed by atoms with E-state index in [9.17, 15) is 0 Å². The molecule has 0 unspecified atom stereocenters. The van der Waals surface area contributed by atoms with E-state index in [4.69, 9.17) is 4.52 Å². The lowest BCUT2D eigenvalue weighted by molar-refractivity contribution is 0.111. The molecule has 106 valence electrons. The number of benzene rings is 1. The Hall–Kier alpha value is -1.68. The van der Waals surface area contributed by atoms with Gasteiger partial charge in [-0.25, -0.2) is 0 Å². The van der Waals surface area contributed by atoms with Gasteiger partial charge in [-0.3, -0.25) is 4.90 Å². The van der Waals surface area contributed by atoms with Crippen LogP contribution in [0.1, 0.15) is 49.5 Å². The van der Waals surface area contributed by atoms with Crippen LogP contribution in [0.3, 0.4) is 0 Å². The smallest absolute Gasteiger partial charge is 0.244 e. The molecular weight excluding hydrogens is 250 g/mol.